The number of hydrogen-bond acceptors (Lipinski definition) is 3. The quantitative estimate of drug-likeness (QED) is 0.841. The van der Waals surface area contributed by atoms with E-state index >= 15 is 0 Å². The number of nitrogens with zero attached hydrogens (tertiary/aromatic N) is 1. The molecule has 0 atom stereocenters. The van der Waals surface area contributed by atoms with Crippen molar-refractivity contribution >= 4 is 5.91 Å². The maximum atomic E-state index is 12.5. The van der Waals surface area contributed by atoms with Gasteiger partial charge in [0.1, 0.15) is 5.69 Å². The molecule has 5 heteroatoms. The largest absolute Gasteiger partial charge is 0.333 e. The van der Waals surface area contributed by atoms with Gasteiger partial charge in [-0.15, -0.1) is 0 Å². The summed E-state index contributed by atoms with van der Waals surface area (Å²) < 4.78 is 0. The van der Waals surface area contributed by atoms with Crippen LogP contribution in [0, 0.1) is 0 Å². The summed E-state index contributed by atoms with van der Waals surface area (Å²) in [7, 11) is 0. The zero-order valence-electron chi connectivity index (χ0n) is 11.8. The van der Waals surface area contributed by atoms with Crippen LogP contribution in [-0.4, -0.2) is 28.9 Å². The van der Waals surface area contributed by atoms with Gasteiger partial charge in [-0.1, -0.05) is 36.4 Å². The van der Waals surface area contributed by atoms with Gasteiger partial charge in [-0.05, 0) is 24.6 Å². The minimum Gasteiger partial charge on any atom is -0.333 e. The number of rotatable bonds is 6. The third-order valence-electron chi connectivity index (χ3n) is 3.13. The van der Waals surface area contributed by atoms with E-state index in [0.29, 0.717) is 25.3 Å². The molecular formula is C16H19N3O2. The van der Waals surface area contributed by atoms with E-state index in [-0.39, 0.29) is 11.5 Å². The van der Waals surface area contributed by atoms with Crippen molar-refractivity contribution in [1.82, 2.24) is 9.88 Å². The Balaban J connectivity index is 2.18. The second-order valence-corrected chi connectivity index (χ2v) is 4.78. The predicted octanol–water partition coefficient (Wildman–Crippen LogP) is 1.37. The van der Waals surface area contributed by atoms with E-state index in [2.05, 4.69) is 4.98 Å². The number of pyridine rings is 1. The Labute approximate surface area is 123 Å². The SMILES string of the molecule is NCCCN(Cc1ccccc1)C(=O)c1cccc(=O)[nH]1. The normalized spacial score (nSPS) is 10.3. The fourth-order valence-electron chi connectivity index (χ4n) is 2.08. The van der Waals surface area contributed by atoms with E-state index in [0.717, 1.165) is 12.0 Å². The molecule has 0 saturated carbocycles. The number of aromatic amines is 1. The molecule has 0 aliphatic heterocycles. The number of hydrogen-bond donors (Lipinski definition) is 2. The van der Waals surface area contributed by atoms with Crippen LogP contribution in [0.15, 0.2) is 53.3 Å². The molecule has 0 unspecified atom stereocenters. The van der Waals surface area contributed by atoms with E-state index < -0.39 is 0 Å². The van der Waals surface area contributed by atoms with Crippen molar-refractivity contribution in [2.45, 2.75) is 13.0 Å². The highest BCUT2D eigenvalue weighted by Gasteiger charge is 2.16. The molecule has 1 amide bonds. The van der Waals surface area contributed by atoms with Crippen LogP contribution in [0.4, 0.5) is 0 Å². The molecule has 0 aliphatic rings. The van der Waals surface area contributed by atoms with E-state index in [1.165, 1.54) is 6.07 Å². The van der Waals surface area contributed by atoms with Crippen LogP contribution >= 0.6 is 0 Å². The number of carbonyl (C=O) groups is 1. The summed E-state index contributed by atoms with van der Waals surface area (Å²) in [6.45, 7) is 1.57. The van der Waals surface area contributed by atoms with Gasteiger partial charge < -0.3 is 15.6 Å². The van der Waals surface area contributed by atoms with E-state index in [1.54, 1.807) is 17.0 Å². The Morgan fingerprint density at radius 3 is 2.52 bits per heavy atom. The summed E-state index contributed by atoms with van der Waals surface area (Å²) in [6.07, 6.45) is 0.718. The number of benzene rings is 1. The third kappa shape index (κ3) is 4.29. The molecule has 110 valence electrons. The van der Waals surface area contributed by atoms with Crippen molar-refractivity contribution in [2.24, 2.45) is 5.73 Å². The second kappa shape index (κ2) is 7.40. The Morgan fingerprint density at radius 1 is 1.10 bits per heavy atom. The summed E-state index contributed by atoms with van der Waals surface area (Å²) in [5.74, 6) is -0.190. The summed E-state index contributed by atoms with van der Waals surface area (Å²) in [4.78, 5) is 28.1. The third-order valence-corrected chi connectivity index (χ3v) is 3.13. The summed E-state index contributed by atoms with van der Waals surface area (Å²) in [5, 5.41) is 0. The summed E-state index contributed by atoms with van der Waals surface area (Å²) >= 11 is 0. The predicted molar refractivity (Wildman–Crippen MR) is 81.9 cm³/mol. The van der Waals surface area contributed by atoms with Gasteiger partial charge in [-0.2, -0.15) is 0 Å². The Kier molecular flexibility index (Phi) is 5.29. The van der Waals surface area contributed by atoms with Crippen LogP contribution in [0.5, 0.6) is 0 Å². The Bertz CT molecular complexity index is 637. The number of nitrogens with two attached hydrogens (primary N) is 1. The van der Waals surface area contributed by atoms with Crippen LogP contribution in [0.25, 0.3) is 0 Å². The first kappa shape index (κ1) is 15.0. The molecule has 5 nitrogen and oxygen atoms in total. The zero-order valence-corrected chi connectivity index (χ0v) is 11.8. The molecule has 2 aromatic rings. The van der Waals surface area contributed by atoms with Gasteiger partial charge in [-0.3, -0.25) is 9.59 Å². The monoisotopic (exact) mass is 285 g/mol. The first-order valence-electron chi connectivity index (χ1n) is 6.93. The van der Waals surface area contributed by atoms with Crippen LogP contribution in [0.3, 0.4) is 0 Å². The number of carbonyl (C=O) groups excluding carboxylic acids is 1. The highest BCUT2D eigenvalue weighted by Crippen LogP contribution is 2.08. The minimum absolute atomic E-state index is 0.190. The maximum absolute atomic E-state index is 12.5. The first-order chi connectivity index (χ1) is 10.2. The molecule has 21 heavy (non-hydrogen) atoms. The lowest BCUT2D eigenvalue weighted by atomic mass is 10.2. The average molecular weight is 285 g/mol. The van der Waals surface area contributed by atoms with Crippen LogP contribution in [0.1, 0.15) is 22.5 Å². The fourth-order valence-corrected chi connectivity index (χ4v) is 2.08. The molecule has 2 rings (SSSR count). The van der Waals surface area contributed by atoms with Gasteiger partial charge in [0.25, 0.3) is 5.91 Å². The zero-order chi connectivity index (χ0) is 15.1. The maximum Gasteiger partial charge on any atom is 0.270 e. The smallest absolute Gasteiger partial charge is 0.270 e. The van der Waals surface area contributed by atoms with E-state index in [9.17, 15) is 9.59 Å². The Hall–Kier alpha value is -2.40. The molecule has 0 spiro atoms. The molecular weight excluding hydrogens is 266 g/mol. The molecule has 0 aliphatic carbocycles. The minimum atomic E-state index is -0.278. The van der Waals surface area contributed by atoms with Crippen LogP contribution in [-0.2, 0) is 6.54 Å². The molecule has 0 bridgehead atoms. The molecule has 0 saturated heterocycles. The van der Waals surface area contributed by atoms with Crippen LogP contribution < -0.4 is 11.3 Å². The van der Waals surface area contributed by atoms with E-state index in [4.69, 9.17) is 5.73 Å². The fraction of sp³-hybridized carbons (Fsp3) is 0.250. The Morgan fingerprint density at radius 2 is 1.86 bits per heavy atom. The highest BCUT2D eigenvalue weighted by molar-refractivity contribution is 5.92. The van der Waals surface area contributed by atoms with Gasteiger partial charge in [-0.25, -0.2) is 0 Å². The number of nitrogens with one attached hydrogen (secondary N) is 1. The topological polar surface area (TPSA) is 79.2 Å². The van der Waals surface area contributed by atoms with Gasteiger partial charge in [0.05, 0.1) is 0 Å². The van der Waals surface area contributed by atoms with Gasteiger partial charge in [0.15, 0.2) is 0 Å². The van der Waals surface area contributed by atoms with Gasteiger partial charge in [0.2, 0.25) is 5.56 Å². The lowest BCUT2D eigenvalue weighted by Gasteiger charge is -2.22. The number of aromatic nitrogens is 1. The molecule has 0 radical (unpaired) electrons. The van der Waals surface area contributed by atoms with Crippen molar-refractivity contribution in [1.29, 1.82) is 0 Å². The van der Waals surface area contributed by atoms with Gasteiger partial charge in [0, 0.05) is 19.2 Å². The average Bonchev–Trinajstić information content (AvgIpc) is 2.51. The van der Waals surface area contributed by atoms with Crippen molar-refractivity contribution in [3.8, 4) is 0 Å². The van der Waals surface area contributed by atoms with Crippen molar-refractivity contribution in [3.05, 3.63) is 70.1 Å². The van der Waals surface area contributed by atoms with Crippen molar-refractivity contribution in [3.63, 3.8) is 0 Å². The second-order valence-electron chi connectivity index (χ2n) is 4.78. The lowest BCUT2D eigenvalue weighted by molar-refractivity contribution is 0.0736. The lowest BCUT2D eigenvalue weighted by Crippen LogP contribution is -2.33. The number of amides is 1. The van der Waals surface area contributed by atoms with E-state index in [1.807, 2.05) is 30.3 Å². The molecule has 1 heterocycles. The van der Waals surface area contributed by atoms with Crippen molar-refractivity contribution < 1.29 is 4.79 Å². The highest BCUT2D eigenvalue weighted by atomic mass is 16.2. The first-order valence-corrected chi connectivity index (χ1v) is 6.93. The summed E-state index contributed by atoms with van der Waals surface area (Å²) in [6, 6.07) is 14.3. The van der Waals surface area contributed by atoms with Crippen molar-refractivity contribution in [2.75, 3.05) is 13.1 Å². The summed E-state index contributed by atoms with van der Waals surface area (Å²) in [5.41, 5.74) is 6.60. The number of H-pyrrole nitrogens is 1. The molecule has 1 aromatic carbocycles. The van der Waals surface area contributed by atoms with Crippen LogP contribution in [0.2, 0.25) is 0 Å². The molecule has 0 fully saturated rings. The molecule has 3 N–H and O–H groups in total. The molecule has 1 aromatic heterocycles. The van der Waals surface area contributed by atoms with Gasteiger partial charge >= 0.3 is 0 Å². The standard InChI is InChI=1S/C16H19N3O2/c17-10-5-11-19(12-13-6-2-1-3-7-13)16(21)14-8-4-9-15(20)18-14/h1-4,6-9H,5,10-12,17H2,(H,18,20).